The third-order valence-electron chi connectivity index (χ3n) is 4.61. The first-order chi connectivity index (χ1) is 12.4. The Morgan fingerprint density at radius 3 is 2.65 bits per heavy atom. The van der Waals surface area contributed by atoms with E-state index in [9.17, 15) is 13.2 Å². The molecule has 2 aliphatic rings. The first-order valence-corrected chi connectivity index (χ1v) is 10.0. The van der Waals surface area contributed by atoms with E-state index < -0.39 is 22.1 Å². The zero-order valence-electron chi connectivity index (χ0n) is 14.4. The average molecular weight is 376 g/mol. The number of morpholine rings is 1. The Morgan fingerprint density at radius 2 is 1.96 bits per heavy atom. The summed E-state index contributed by atoms with van der Waals surface area (Å²) < 4.78 is 33.8. The molecule has 0 amide bonds. The van der Waals surface area contributed by atoms with Crippen molar-refractivity contribution >= 4 is 16.0 Å². The van der Waals surface area contributed by atoms with E-state index >= 15 is 0 Å². The number of nitrogens with zero attached hydrogens (tertiary/aromatic N) is 4. The van der Waals surface area contributed by atoms with Gasteiger partial charge in [-0.3, -0.25) is 4.79 Å². The van der Waals surface area contributed by atoms with Crippen LogP contribution in [0.1, 0.15) is 30.0 Å². The molecular weight excluding hydrogens is 356 g/mol. The van der Waals surface area contributed by atoms with E-state index in [1.165, 1.54) is 4.31 Å². The van der Waals surface area contributed by atoms with Gasteiger partial charge in [-0.25, -0.2) is 13.1 Å². The van der Waals surface area contributed by atoms with Gasteiger partial charge in [0.1, 0.15) is 12.6 Å². The summed E-state index contributed by atoms with van der Waals surface area (Å²) in [5.41, 5.74) is 1.91. The molecule has 1 aliphatic carbocycles. The number of hydrogen-bond acceptors (Lipinski definition) is 6. The summed E-state index contributed by atoms with van der Waals surface area (Å²) in [5, 5.41) is 8.19. The lowest BCUT2D eigenvalue weighted by Gasteiger charge is -2.31. The number of ether oxygens (including phenoxy) is 1. The second-order valence-corrected chi connectivity index (χ2v) is 8.80. The molecule has 1 saturated carbocycles. The summed E-state index contributed by atoms with van der Waals surface area (Å²) in [5.74, 6) is -0.0736. The molecule has 1 unspecified atom stereocenters. The molecule has 1 aromatic carbocycles. The van der Waals surface area contributed by atoms with Crippen molar-refractivity contribution in [3.63, 3.8) is 0 Å². The molecule has 9 heteroatoms. The quantitative estimate of drug-likeness (QED) is 0.725. The van der Waals surface area contributed by atoms with E-state index in [0.717, 1.165) is 24.1 Å². The maximum Gasteiger partial charge on any atom is 0.321 e. The van der Waals surface area contributed by atoms with Crippen molar-refractivity contribution in [2.24, 2.45) is 0 Å². The van der Waals surface area contributed by atoms with Gasteiger partial charge in [-0.05, 0) is 31.9 Å². The van der Waals surface area contributed by atoms with E-state index in [1.807, 2.05) is 13.1 Å². The van der Waals surface area contributed by atoms with Crippen LogP contribution in [0.3, 0.4) is 0 Å². The topological polar surface area (TPSA) is 94.4 Å². The Balaban J connectivity index is 1.50. The van der Waals surface area contributed by atoms with Crippen LogP contribution < -0.4 is 0 Å². The summed E-state index contributed by atoms with van der Waals surface area (Å²) in [6, 6.07) is 6.58. The van der Waals surface area contributed by atoms with E-state index in [4.69, 9.17) is 4.74 Å². The number of sulfonamides is 1. The fourth-order valence-electron chi connectivity index (χ4n) is 3.01. The highest BCUT2D eigenvalue weighted by molar-refractivity contribution is 7.89. The number of hydrogen-bond donors (Lipinski definition) is 0. The van der Waals surface area contributed by atoms with Gasteiger partial charge < -0.3 is 4.74 Å². The molecule has 2 aromatic rings. The fraction of sp³-hybridized carbons (Fsp3) is 0.471. The Hall–Kier alpha value is -2.26. The number of aromatic nitrogens is 3. The van der Waals surface area contributed by atoms with Crippen molar-refractivity contribution < 1.29 is 17.9 Å². The van der Waals surface area contributed by atoms with Crippen LogP contribution in [0.5, 0.6) is 0 Å². The van der Waals surface area contributed by atoms with Crippen LogP contribution in [0.4, 0.5) is 0 Å². The van der Waals surface area contributed by atoms with Gasteiger partial charge >= 0.3 is 5.97 Å². The number of carbonyl (C=O) groups is 1. The van der Waals surface area contributed by atoms with Crippen molar-refractivity contribution in [3.8, 4) is 0 Å². The Kier molecular flexibility index (Phi) is 4.28. The summed E-state index contributed by atoms with van der Waals surface area (Å²) in [7, 11) is -3.75. The van der Waals surface area contributed by atoms with Crippen molar-refractivity contribution in [1.82, 2.24) is 19.3 Å². The molecule has 138 valence electrons. The normalized spacial score (nSPS) is 21.6. The highest BCUT2D eigenvalue weighted by Crippen LogP contribution is 2.38. The van der Waals surface area contributed by atoms with Crippen molar-refractivity contribution in [2.75, 3.05) is 13.1 Å². The van der Waals surface area contributed by atoms with Crippen molar-refractivity contribution in [1.29, 1.82) is 0 Å². The molecule has 4 rings (SSSR count). The zero-order valence-corrected chi connectivity index (χ0v) is 15.2. The monoisotopic (exact) mass is 376 g/mol. The van der Waals surface area contributed by atoms with E-state index in [2.05, 4.69) is 10.3 Å². The van der Waals surface area contributed by atoms with Crippen molar-refractivity contribution in [3.05, 3.63) is 41.7 Å². The molecule has 26 heavy (non-hydrogen) atoms. The standard InChI is InChI=1S/C17H20N4O4S/c1-12-2-6-15(7-3-12)26(23,24)21-9-14(25-17(22)11-21)8-20-10-16(18-19-20)13-4-5-13/h2-3,6-7,10,13-14H,4-5,8-9,11H2,1H3. The van der Waals surface area contributed by atoms with Gasteiger partial charge in [0.2, 0.25) is 10.0 Å². The molecule has 1 aromatic heterocycles. The maximum absolute atomic E-state index is 12.8. The third kappa shape index (κ3) is 3.49. The summed E-state index contributed by atoms with van der Waals surface area (Å²) in [4.78, 5) is 12.1. The number of aryl methyl sites for hydroxylation is 1. The lowest BCUT2D eigenvalue weighted by molar-refractivity contribution is -0.156. The minimum absolute atomic E-state index is 0.0978. The third-order valence-corrected chi connectivity index (χ3v) is 6.44. The number of cyclic esters (lactones) is 1. The van der Waals surface area contributed by atoms with Crippen LogP contribution >= 0.6 is 0 Å². The number of esters is 1. The number of benzene rings is 1. The molecule has 2 heterocycles. The molecule has 0 spiro atoms. The largest absolute Gasteiger partial charge is 0.458 e. The molecule has 1 saturated heterocycles. The van der Waals surface area contributed by atoms with Gasteiger partial charge in [0.25, 0.3) is 0 Å². The number of rotatable bonds is 5. The van der Waals surface area contributed by atoms with Crippen LogP contribution in [0.2, 0.25) is 0 Å². The van der Waals surface area contributed by atoms with Crippen LogP contribution in [0.25, 0.3) is 0 Å². The zero-order chi connectivity index (χ0) is 18.3. The van der Waals surface area contributed by atoms with Crippen molar-refractivity contribution in [2.45, 2.75) is 43.2 Å². The first kappa shape index (κ1) is 17.2. The van der Waals surface area contributed by atoms with Gasteiger partial charge in [-0.2, -0.15) is 4.31 Å². The highest BCUT2D eigenvalue weighted by atomic mass is 32.2. The van der Waals surface area contributed by atoms with Gasteiger partial charge in [-0.1, -0.05) is 22.9 Å². The second-order valence-electron chi connectivity index (χ2n) is 6.86. The Morgan fingerprint density at radius 1 is 1.23 bits per heavy atom. The molecule has 8 nitrogen and oxygen atoms in total. The molecule has 2 fully saturated rings. The average Bonchev–Trinajstić information content (AvgIpc) is 3.35. The van der Waals surface area contributed by atoms with E-state index in [1.54, 1.807) is 28.9 Å². The lowest BCUT2D eigenvalue weighted by atomic mass is 10.2. The molecule has 0 N–H and O–H groups in total. The van der Waals surface area contributed by atoms with Gasteiger partial charge in [0.05, 0.1) is 23.7 Å². The summed E-state index contributed by atoms with van der Waals surface area (Å²) >= 11 is 0. The van der Waals surface area contributed by atoms with E-state index in [-0.39, 0.29) is 24.5 Å². The Bertz CT molecular complexity index is 918. The van der Waals surface area contributed by atoms with Gasteiger partial charge in [0, 0.05) is 12.1 Å². The SMILES string of the molecule is Cc1ccc(S(=O)(=O)N2CC(=O)OC(Cn3cc(C4CC4)nn3)C2)cc1. The molecule has 0 bridgehead atoms. The maximum atomic E-state index is 12.8. The smallest absolute Gasteiger partial charge is 0.321 e. The van der Waals surface area contributed by atoms with Crippen LogP contribution in [-0.2, 0) is 26.1 Å². The van der Waals surface area contributed by atoms with Crippen LogP contribution in [-0.4, -0.2) is 52.9 Å². The lowest BCUT2D eigenvalue weighted by Crippen LogP contribution is -2.49. The van der Waals surface area contributed by atoms with E-state index in [0.29, 0.717) is 5.92 Å². The molecule has 1 aliphatic heterocycles. The van der Waals surface area contributed by atoms with Crippen LogP contribution in [0.15, 0.2) is 35.4 Å². The molecular formula is C17H20N4O4S. The number of carbonyl (C=O) groups excluding carboxylic acids is 1. The Labute approximate surface area is 151 Å². The highest BCUT2D eigenvalue weighted by Gasteiger charge is 2.35. The predicted octanol–water partition coefficient (Wildman–Crippen LogP) is 1.08. The molecule has 0 radical (unpaired) electrons. The summed E-state index contributed by atoms with van der Waals surface area (Å²) in [6.45, 7) is 1.99. The van der Waals surface area contributed by atoms with Gasteiger partial charge in [0.15, 0.2) is 0 Å². The minimum atomic E-state index is -3.75. The fourth-order valence-corrected chi connectivity index (χ4v) is 4.43. The predicted molar refractivity (Wildman–Crippen MR) is 91.8 cm³/mol. The summed E-state index contributed by atoms with van der Waals surface area (Å²) in [6.07, 6.45) is 3.50. The van der Waals surface area contributed by atoms with Crippen LogP contribution in [0, 0.1) is 6.92 Å². The van der Waals surface area contributed by atoms with Gasteiger partial charge in [-0.15, -0.1) is 5.10 Å². The second kappa shape index (κ2) is 6.48. The first-order valence-electron chi connectivity index (χ1n) is 8.58. The molecule has 1 atom stereocenters. The minimum Gasteiger partial charge on any atom is -0.458 e.